The number of pyridine rings is 1. The SMILES string of the molecule is O=C(O)c1ccc(N2C(=O)C3CC=CCC3C2=O)cn1. The van der Waals surface area contributed by atoms with Crippen molar-refractivity contribution in [3.63, 3.8) is 0 Å². The quantitative estimate of drug-likeness (QED) is 0.646. The van der Waals surface area contributed by atoms with Crippen molar-refractivity contribution >= 4 is 23.5 Å². The van der Waals surface area contributed by atoms with Crippen LogP contribution in [0.4, 0.5) is 5.69 Å². The predicted octanol–water partition coefficient (Wildman–Crippen LogP) is 1.24. The normalized spacial score (nSPS) is 24.9. The van der Waals surface area contributed by atoms with Gasteiger partial charge in [-0.05, 0) is 25.0 Å². The van der Waals surface area contributed by atoms with Crippen LogP contribution in [0.15, 0.2) is 30.5 Å². The van der Waals surface area contributed by atoms with Crippen molar-refractivity contribution in [2.75, 3.05) is 4.90 Å². The number of rotatable bonds is 2. The Balaban J connectivity index is 1.92. The van der Waals surface area contributed by atoms with Crippen LogP contribution in [0.25, 0.3) is 0 Å². The zero-order valence-corrected chi connectivity index (χ0v) is 10.5. The van der Waals surface area contributed by atoms with Gasteiger partial charge < -0.3 is 5.11 Å². The van der Waals surface area contributed by atoms with E-state index in [-0.39, 0.29) is 29.3 Å². The number of aromatic carboxylic acids is 1. The van der Waals surface area contributed by atoms with E-state index in [9.17, 15) is 14.4 Å². The van der Waals surface area contributed by atoms with Crippen LogP contribution in [0.1, 0.15) is 23.3 Å². The van der Waals surface area contributed by atoms with Gasteiger partial charge in [0.05, 0.1) is 23.7 Å². The van der Waals surface area contributed by atoms with Crippen LogP contribution in [0.3, 0.4) is 0 Å². The number of carboxylic acids is 1. The van der Waals surface area contributed by atoms with E-state index in [0.29, 0.717) is 18.5 Å². The lowest BCUT2D eigenvalue weighted by molar-refractivity contribution is -0.122. The van der Waals surface area contributed by atoms with Crippen LogP contribution in [-0.4, -0.2) is 27.9 Å². The number of anilines is 1. The minimum Gasteiger partial charge on any atom is -0.477 e. The summed E-state index contributed by atoms with van der Waals surface area (Å²) < 4.78 is 0. The number of hydrogen-bond donors (Lipinski definition) is 1. The lowest BCUT2D eigenvalue weighted by atomic mass is 9.85. The molecular weight excluding hydrogens is 260 g/mol. The highest BCUT2D eigenvalue weighted by Gasteiger charge is 2.47. The standard InChI is InChI=1S/C14H12N2O4/c17-12-9-3-1-2-4-10(9)13(18)16(12)8-5-6-11(14(19)20)15-7-8/h1-2,5-7,9-10H,3-4H2,(H,19,20). The monoisotopic (exact) mass is 272 g/mol. The third-order valence-corrected chi connectivity index (χ3v) is 3.73. The van der Waals surface area contributed by atoms with Gasteiger partial charge in [0, 0.05) is 0 Å². The number of allylic oxidation sites excluding steroid dienone is 2. The molecule has 0 saturated carbocycles. The fourth-order valence-corrected chi connectivity index (χ4v) is 2.70. The molecule has 20 heavy (non-hydrogen) atoms. The second-order valence-electron chi connectivity index (χ2n) is 4.87. The first kappa shape index (κ1) is 12.5. The van der Waals surface area contributed by atoms with Crippen molar-refractivity contribution in [3.8, 4) is 0 Å². The summed E-state index contributed by atoms with van der Waals surface area (Å²) in [5.41, 5.74) is 0.214. The number of hydrogen-bond acceptors (Lipinski definition) is 4. The second kappa shape index (κ2) is 4.56. The topological polar surface area (TPSA) is 87.6 Å². The van der Waals surface area contributed by atoms with Crippen LogP contribution in [0, 0.1) is 11.8 Å². The van der Waals surface area contributed by atoms with Crippen molar-refractivity contribution in [1.82, 2.24) is 4.98 Å². The number of imide groups is 1. The molecule has 1 aromatic rings. The van der Waals surface area contributed by atoms with Crippen molar-refractivity contribution < 1.29 is 19.5 Å². The van der Waals surface area contributed by atoms with Crippen LogP contribution in [-0.2, 0) is 9.59 Å². The molecule has 1 saturated heterocycles. The van der Waals surface area contributed by atoms with Gasteiger partial charge in [0.2, 0.25) is 11.8 Å². The zero-order chi connectivity index (χ0) is 14.3. The molecule has 2 aliphatic rings. The van der Waals surface area contributed by atoms with E-state index >= 15 is 0 Å². The summed E-state index contributed by atoms with van der Waals surface area (Å²) in [4.78, 5) is 40.2. The molecule has 6 nitrogen and oxygen atoms in total. The summed E-state index contributed by atoms with van der Waals surface area (Å²) in [5.74, 6) is -2.20. The summed E-state index contributed by atoms with van der Waals surface area (Å²) in [6, 6.07) is 2.73. The Bertz CT molecular complexity index is 595. The minimum absolute atomic E-state index is 0.119. The molecule has 1 N–H and O–H groups in total. The Labute approximate surface area is 114 Å². The molecule has 2 atom stereocenters. The van der Waals surface area contributed by atoms with E-state index in [4.69, 9.17) is 5.11 Å². The molecule has 2 amide bonds. The van der Waals surface area contributed by atoms with Crippen molar-refractivity contribution in [2.45, 2.75) is 12.8 Å². The number of nitrogens with zero attached hydrogens (tertiary/aromatic N) is 2. The molecule has 6 heteroatoms. The Morgan fingerprint density at radius 3 is 2.20 bits per heavy atom. The third-order valence-electron chi connectivity index (χ3n) is 3.73. The number of carbonyl (C=O) groups excluding carboxylic acids is 2. The first-order chi connectivity index (χ1) is 9.59. The second-order valence-corrected chi connectivity index (χ2v) is 4.87. The predicted molar refractivity (Wildman–Crippen MR) is 69.0 cm³/mol. The number of fused-ring (bicyclic) bond motifs is 1. The fourth-order valence-electron chi connectivity index (χ4n) is 2.70. The van der Waals surface area contributed by atoms with Crippen molar-refractivity contribution in [3.05, 3.63) is 36.2 Å². The van der Waals surface area contributed by atoms with Crippen LogP contribution < -0.4 is 4.90 Å². The van der Waals surface area contributed by atoms with Crippen molar-refractivity contribution in [1.29, 1.82) is 0 Å². The van der Waals surface area contributed by atoms with Gasteiger partial charge in [-0.1, -0.05) is 12.2 Å². The largest absolute Gasteiger partial charge is 0.477 e. The molecule has 1 fully saturated rings. The van der Waals surface area contributed by atoms with E-state index in [1.807, 2.05) is 12.2 Å². The first-order valence-electron chi connectivity index (χ1n) is 6.31. The van der Waals surface area contributed by atoms with Crippen molar-refractivity contribution in [2.24, 2.45) is 11.8 Å². The molecule has 1 aromatic heterocycles. The van der Waals surface area contributed by atoms with E-state index < -0.39 is 5.97 Å². The average molecular weight is 272 g/mol. The highest BCUT2D eigenvalue weighted by molar-refractivity contribution is 6.22. The summed E-state index contributed by atoms with van der Waals surface area (Å²) in [6.07, 6.45) is 6.24. The van der Waals surface area contributed by atoms with E-state index in [2.05, 4.69) is 4.98 Å². The summed E-state index contributed by atoms with van der Waals surface area (Å²) >= 11 is 0. The van der Waals surface area contributed by atoms with Crippen LogP contribution in [0.2, 0.25) is 0 Å². The number of aromatic nitrogens is 1. The maximum Gasteiger partial charge on any atom is 0.354 e. The fraction of sp³-hybridized carbons (Fsp3) is 0.286. The van der Waals surface area contributed by atoms with Gasteiger partial charge in [-0.3, -0.25) is 9.59 Å². The molecule has 102 valence electrons. The molecule has 0 radical (unpaired) electrons. The zero-order valence-electron chi connectivity index (χ0n) is 10.5. The Morgan fingerprint density at radius 2 is 1.75 bits per heavy atom. The maximum absolute atomic E-state index is 12.3. The molecule has 1 aliphatic heterocycles. The maximum atomic E-state index is 12.3. The minimum atomic E-state index is -1.14. The van der Waals surface area contributed by atoms with Gasteiger partial charge in [0.1, 0.15) is 5.69 Å². The highest BCUT2D eigenvalue weighted by atomic mass is 16.4. The number of carboxylic acid groups (broad SMARTS) is 1. The molecule has 2 unspecified atom stereocenters. The Kier molecular flexibility index (Phi) is 2.85. The molecule has 2 heterocycles. The van der Waals surface area contributed by atoms with Gasteiger partial charge in [-0.2, -0.15) is 0 Å². The third kappa shape index (κ3) is 1.80. The molecule has 1 aliphatic carbocycles. The summed E-state index contributed by atoms with van der Waals surface area (Å²) in [6.45, 7) is 0. The molecular formula is C14H12N2O4. The van der Waals surface area contributed by atoms with Gasteiger partial charge in [-0.15, -0.1) is 0 Å². The average Bonchev–Trinajstić information content (AvgIpc) is 2.72. The molecule has 0 spiro atoms. The summed E-state index contributed by atoms with van der Waals surface area (Å²) in [5, 5.41) is 8.80. The molecule has 0 aromatic carbocycles. The Hall–Kier alpha value is -2.50. The highest BCUT2D eigenvalue weighted by Crippen LogP contribution is 2.37. The lowest BCUT2D eigenvalue weighted by Crippen LogP contribution is -2.31. The number of carbonyl (C=O) groups is 3. The van der Waals surface area contributed by atoms with Gasteiger partial charge in [0.25, 0.3) is 0 Å². The van der Waals surface area contributed by atoms with E-state index in [1.165, 1.54) is 18.3 Å². The first-order valence-corrected chi connectivity index (χ1v) is 6.31. The molecule has 0 bridgehead atoms. The van der Waals surface area contributed by atoms with Gasteiger partial charge >= 0.3 is 5.97 Å². The molecule has 3 rings (SSSR count). The number of amides is 2. The van der Waals surface area contributed by atoms with Crippen LogP contribution >= 0.6 is 0 Å². The summed E-state index contributed by atoms with van der Waals surface area (Å²) in [7, 11) is 0. The smallest absolute Gasteiger partial charge is 0.354 e. The van der Waals surface area contributed by atoms with E-state index in [1.54, 1.807) is 0 Å². The van der Waals surface area contributed by atoms with E-state index in [0.717, 1.165) is 4.90 Å². The van der Waals surface area contributed by atoms with Gasteiger partial charge in [-0.25, -0.2) is 14.7 Å². The van der Waals surface area contributed by atoms with Crippen LogP contribution in [0.5, 0.6) is 0 Å². The Morgan fingerprint density at radius 1 is 1.15 bits per heavy atom. The lowest BCUT2D eigenvalue weighted by Gasteiger charge is -2.14. The van der Waals surface area contributed by atoms with Gasteiger partial charge in [0.15, 0.2) is 0 Å².